The molecule has 1 heterocycles. The van der Waals surface area contributed by atoms with Crippen molar-refractivity contribution in [3.8, 4) is 0 Å². The van der Waals surface area contributed by atoms with Gasteiger partial charge < -0.3 is 4.90 Å². The number of amides is 1. The highest BCUT2D eigenvalue weighted by atomic mass is 32.1. The van der Waals surface area contributed by atoms with Gasteiger partial charge in [-0.3, -0.25) is 4.79 Å². The van der Waals surface area contributed by atoms with Crippen molar-refractivity contribution in [2.24, 2.45) is 0 Å². The molecule has 84 valence electrons. The number of carbonyl (C=O) groups is 1. The van der Waals surface area contributed by atoms with E-state index in [1.54, 1.807) is 12.3 Å². The molecule has 0 atom stereocenters. The predicted octanol–water partition coefficient (Wildman–Crippen LogP) is 2.58. The Bertz CT molecular complexity index is 358. The molecule has 0 saturated heterocycles. The number of hydrogen-bond acceptors (Lipinski definition) is 2. The van der Waals surface area contributed by atoms with Crippen molar-refractivity contribution in [1.29, 1.82) is 0 Å². The van der Waals surface area contributed by atoms with Crippen LogP contribution in [0.15, 0.2) is 11.4 Å². The molecule has 0 aliphatic rings. The van der Waals surface area contributed by atoms with Crippen LogP contribution in [0.1, 0.15) is 10.4 Å². The minimum absolute atomic E-state index is 0.00183. The number of halogens is 3. The van der Waals surface area contributed by atoms with Gasteiger partial charge in [-0.05, 0) is 23.9 Å². The van der Waals surface area contributed by atoms with Crippen LogP contribution < -0.4 is 0 Å². The van der Waals surface area contributed by atoms with Crippen LogP contribution in [0.5, 0.6) is 0 Å². The van der Waals surface area contributed by atoms with Crippen molar-refractivity contribution >= 4 is 17.2 Å². The first-order valence-corrected chi connectivity index (χ1v) is 5.05. The van der Waals surface area contributed by atoms with Crippen molar-refractivity contribution in [1.82, 2.24) is 4.90 Å². The number of rotatable bonds is 2. The number of alkyl halides is 3. The van der Waals surface area contributed by atoms with E-state index in [0.29, 0.717) is 4.90 Å². The summed E-state index contributed by atoms with van der Waals surface area (Å²) in [6, 6.07) is 1.81. The van der Waals surface area contributed by atoms with E-state index in [4.69, 9.17) is 0 Å². The second kappa shape index (κ2) is 4.22. The third kappa shape index (κ3) is 2.95. The van der Waals surface area contributed by atoms with Crippen LogP contribution in [0.25, 0.3) is 0 Å². The Kier molecular flexibility index (Phi) is 3.38. The molecule has 6 heteroatoms. The van der Waals surface area contributed by atoms with Gasteiger partial charge in [-0.25, -0.2) is 0 Å². The van der Waals surface area contributed by atoms with Gasteiger partial charge in [-0.2, -0.15) is 13.2 Å². The molecule has 1 amide bonds. The molecule has 0 spiro atoms. The molecule has 0 unspecified atom stereocenters. The highest BCUT2D eigenvalue weighted by Gasteiger charge is 2.41. The summed E-state index contributed by atoms with van der Waals surface area (Å²) in [5, 5.41) is 1.79. The van der Waals surface area contributed by atoms with Gasteiger partial charge in [0.25, 0.3) is 0 Å². The molecule has 2 nitrogen and oxygen atoms in total. The molecular weight excluding hydrogens is 227 g/mol. The lowest BCUT2D eigenvalue weighted by molar-refractivity contribution is -0.184. The normalized spacial score (nSPS) is 11.5. The lowest BCUT2D eigenvalue weighted by Crippen LogP contribution is -2.37. The van der Waals surface area contributed by atoms with E-state index in [9.17, 15) is 18.0 Å². The van der Waals surface area contributed by atoms with Crippen LogP contribution in [-0.2, 0) is 11.3 Å². The summed E-state index contributed by atoms with van der Waals surface area (Å²) in [5.41, 5.74) is 0.904. The van der Waals surface area contributed by atoms with Crippen molar-refractivity contribution in [2.75, 3.05) is 7.05 Å². The fourth-order valence-electron chi connectivity index (χ4n) is 1.07. The van der Waals surface area contributed by atoms with Crippen LogP contribution in [0.4, 0.5) is 13.2 Å². The van der Waals surface area contributed by atoms with E-state index < -0.39 is 12.1 Å². The molecule has 0 N–H and O–H groups in total. The van der Waals surface area contributed by atoms with E-state index in [0.717, 1.165) is 17.5 Å². The quantitative estimate of drug-likeness (QED) is 0.774. The van der Waals surface area contributed by atoms with Gasteiger partial charge in [0.05, 0.1) is 6.54 Å². The van der Waals surface area contributed by atoms with Gasteiger partial charge in [-0.1, -0.05) is 0 Å². The summed E-state index contributed by atoms with van der Waals surface area (Å²) in [6.07, 6.45) is -4.79. The summed E-state index contributed by atoms with van der Waals surface area (Å²) < 4.78 is 36.1. The molecule has 0 fully saturated rings. The smallest absolute Gasteiger partial charge is 0.333 e. The molecule has 1 aromatic rings. The molecule has 0 saturated carbocycles. The van der Waals surface area contributed by atoms with Gasteiger partial charge >= 0.3 is 12.1 Å². The number of aryl methyl sites for hydroxylation is 1. The molecule has 1 aromatic heterocycles. The average Bonchev–Trinajstić information content (AvgIpc) is 2.49. The zero-order valence-electron chi connectivity index (χ0n) is 8.26. The summed E-state index contributed by atoms with van der Waals surface area (Å²) in [4.78, 5) is 12.3. The summed E-state index contributed by atoms with van der Waals surface area (Å²) in [6.45, 7) is 1.81. The third-order valence-electron chi connectivity index (χ3n) is 1.94. The van der Waals surface area contributed by atoms with Crippen LogP contribution in [0.3, 0.4) is 0 Å². The molecule has 15 heavy (non-hydrogen) atoms. The maximum absolute atomic E-state index is 12.0. The fraction of sp³-hybridized carbons (Fsp3) is 0.444. The maximum Gasteiger partial charge on any atom is 0.471 e. The third-order valence-corrected chi connectivity index (χ3v) is 2.95. The summed E-state index contributed by atoms with van der Waals surface area (Å²) in [5.74, 6) is -1.81. The second-order valence-corrected chi connectivity index (χ2v) is 4.19. The van der Waals surface area contributed by atoms with Crippen LogP contribution in [-0.4, -0.2) is 24.0 Å². The molecule has 0 aliphatic carbocycles. The molecule has 0 aliphatic heterocycles. The lowest BCUT2D eigenvalue weighted by Gasteiger charge is -2.18. The number of hydrogen-bond donors (Lipinski definition) is 0. The highest BCUT2D eigenvalue weighted by molar-refractivity contribution is 7.10. The molecule has 1 rings (SSSR count). The SMILES string of the molecule is Cc1ccsc1CN(C)C(=O)C(F)(F)F. The fourth-order valence-corrected chi connectivity index (χ4v) is 2.03. The van der Waals surface area contributed by atoms with Crippen molar-refractivity contribution in [2.45, 2.75) is 19.6 Å². The number of thiophene rings is 1. The zero-order valence-corrected chi connectivity index (χ0v) is 9.08. The first-order chi connectivity index (χ1) is 6.82. The zero-order chi connectivity index (χ0) is 11.6. The van der Waals surface area contributed by atoms with E-state index in [2.05, 4.69) is 0 Å². The lowest BCUT2D eigenvalue weighted by atomic mass is 10.3. The van der Waals surface area contributed by atoms with Crippen LogP contribution in [0.2, 0.25) is 0 Å². The Labute approximate surface area is 89.3 Å². The minimum Gasteiger partial charge on any atom is -0.333 e. The highest BCUT2D eigenvalue weighted by Crippen LogP contribution is 2.22. The van der Waals surface area contributed by atoms with Gasteiger partial charge in [0.1, 0.15) is 0 Å². The Morgan fingerprint density at radius 1 is 1.53 bits per heavy atom. The van der Waals surface area contributed by atoms with E-state index in [-0.39, 0.29) is 6.54 Å². The van der Waals surface area contributed by atoms with Crippen molar-refractivity contribution in [3.05, 3.63) is 21.9 Å². The number of carbonyl (C=O) groups excluding carboxylic acids is 1. The molecule has 0 aromatic carbocycles. The molecule has 0 radical (unpaired) electrons. The van der Waals surface area contributed by atoms with Crippen molar-refractivity contribution < 1.29 is 18.0 Å². The van der Waals surface area contributed by atoms with Gasteiger partial charge in [0, 0.05) is 11.9 Å². The van der Waals surface area contributed by atoms with E-state index in [1.165, 1.54) is 11.3 Å². The summed E-state index contributed by atoms with van der Waals surface area (Å²) >= 11 is 1.34. The standard InChI is InChI=1S/C9H10F3NOS/c1-6-3-4-15-7(6)5-13(2)8(14)9(10,11)12/h3-4H,5H2,1-2H3. The van der Waals surface area contributed by atoms with Gasteiger partial charge in [0.2, 0.25) is 0 Å². The van der Waals surface area contributed by atoms with Crippen LogP contribution >= 0.6 is 11.3 Å². The predicted molar refractivity (Wildman–Crippen MR) is 51.6 cm³/mol. The van der Waals surface area contributed by atoms with Gasteiger partial charge in [0.15, 0.2) is 0 Å². The Morgan fingerprint density at radius 2 is 2.13 bits per heavy atom. The maximum atomic E-state index is 12.0. The average molecular weight is 237 g/mol. The number of nitrogens with zero attached hydrogens (tertiary/aromatic N) is 1. The first-order valence-electron chi connectivity index (χ1n) is 4.17. The van der Waals surface area contributed by atoms with Crippen molar-refractivity contribution in [3.63, 3.8) is 0 Å². The van der Waals surface area contributed by atoms with Gasteiger partial charge in [-0.15, -0.1) is 11.3 Å². The second-order valence-electron chi connectivity index (χ2n) is 3.19. The monoisotopic (exact) mass is 237 g/mol. The Hall–Kier alpha value is -1.04. The van der Waals surface area contributed by atoms with E-state index >= 15 is 0 Å². The Morgan fingerprint density at radius 3 is 2.53 bits per heavy atom. The summed E-state index contributed by atoms with van der Waals surface area (Å²) in [7, 11) is 1.15. The first kappa shape index (κ1) is 12.0. The Balaban J connectivity index is 2.68. The largest absolute Gasteiger partial charge is 0.471 e. The molecule has 0 bridgehead atoms. The topological polar surface area (TPSA) is 20.3 Å². The minimum atomic E-state index is -4.79. The molecular formula is C9H10F3NOS. The van der Waals surface area contributed by atoms with E-state index in [1.807, 2.05) is 6.07 Å². The van der Waals surface area contributed by atoms with Crippen LogP contribution in [0, 0.1) is 6.92 Å².